The van der Waals surface area contributed by atoms with Gasteiger partial charge in [0.2, 0.25) is 10.0 Å². The van der Waals surface area contributed by atoms with Crippen molar-refractivity contribution in [1.29, 1.82) is 0 Å². The van der Waals surface area contributed by atoms with E-state index in [2.05, 4.69) is 9.62 Å². The molecule has 1 aromatic carbocycles. The molecule has 0 radical (unpaired) electrons. The summed E-state index contributed by atoms with van der Waals surface area (Å²) in [5, 5.41) is 0. The highest BCUT2D eigenvalue weighted by molar-refractivity contribution is 7.88. The zero-order valence-electron chi connectivity index (χ0n) is 14.3. The monoisotopic (exact) mass is 374 g/mol. The largest absolute Gasteiger partial charge is 0.375 e. The van der Waals surface area contributed by atoms with Crippen LogP contribution in [-0.4, -0.2) is 50.9 Å². The molecule has 0 saturated carbocycles. The van der Waals surface area contributed by atoms with Gasteiger partial charge in [0.15, 0.2) is 0 Å². The van der Waals surface area contributed by atoms with E-state index >= 15 is 0 Å². The van der Waals surface area contributed by atoms with Gasteiger partial charge in [0.1, 0.15) is 11.6 Å². The Bertz CT molecular complexity index is 719. The number of rotatable bonds is 4. The SMILES string of the molecule is CS(=O)(=O)NC1CCOC2(CCN(Cc3cc(F)ccc3F)CC2)C1. The molecule has 2 aliphatic rings. The average molecular weight is 374 g/mol. The molecule has 2 fully saturated rings. The summed E-state index contributed by atoms with van der Waals surface area (Å²) in [5.41, 5.74) is 0.0366. The molecular weight excluding hydrogens is 350 g/mol. The molecule has 0 aliphatic carbocycles. The van der Waals surface area contributed by atoms with Crippen LogP contribution in [0.25, 0.3) is 0 Å². The molecule has 2 saturated heterocycles. The first-order valence-electron chi connectivity index (χ1n) is 8.52. The lowest BCUT2D eigenvalue weighted by Gasteiger charge is -2.46. The molecule has 2 heterocycles. The lowest BCUT2D eigenvalue weighted by molar-refractivity contribution is -0.118. The predicted molar refractivity (Wildman–Crippen MR) is 90.6 cm³/mol. The second-order valence-electron chi connectivity index (χ2n) is 7.12. The van der Waals surface area contributed by atoms with E-state index in [0.29, 0.717) is 44.6 Å². The molecule has 5 nitrogen and oxygen atoms in total. The predicted octanol–water partition coefficient (Wildman–Crippen LogP) is 2.03. The van der Waals surface area contributed by atoms with E-state index < -0.39 is 21.7 Å². The molecule has 0 amide bonds. The van der Waals surface area contributed by atoms with E-state index in [4.69, 9.17) is 4.74 Å². The topological polar surface area (TPSA) is 58.6 Å². The number of hydrogen-bond donors (Lipinski definition) is 1. The number of nitrogens with zero attached hydrogens (tertiary/aromatic N) is 1. The van der Waals surface area contributed by atoms with E-state index in [1.807, 2.05) is 0 Å². The molecule has 1 N–H and O–H groups in total. The molecule has 1 atom stereocenters. The van der Waals surface area contributed by atoms with Gasteiger partial charge in [0, 0.05) is 37.8 Å². The van der Waals surface area contributed by atoms with E-state index in [0.717, 1.165) is 25.0 Å². The second-order valence-corrected chi connectivity index (χ2v) is 8.90. The highest BCUT2D eigenvalue weighted by atomic mass is 32.2. The van der Waals surface area contributed by atoms with Gasteiger partial charge in [-0.2, -0.15) is 0 Å². The average Bonchev–Trinajstić information content (AvgIpc) is 2.52. The standard InChI is InChI=1S/C17H24F2N2O3S/c1-25(22,23)20-15-4-9-24-17(11-15)5-7-21(8-6-17)12-13-10-14(18)2-3-16(13)19/h2-3,10,15,20H,4-9,11-12H2,1H3. The van der Waals surface area contributed by atoms with Crippen LogP contribution in [0, 0.1) is 11.6 Å². The van der Waals surface area contributed by atoms with Crippen LogP contribution >= 0.6 is 0 Å². The third-order valence-electron chi connectivity index (χ3n) is 5.04. The Morgan fingerprint density at radius 3 is 2.72 bits per heavy atom. The quantitative estimate of drug-likeness (QED) is 0.876. The number of nitrogens with one attached hydrogen (secondary N) is 1. The summed E-state index contributed by atoms with van der Waals surface area (Å²) < 4.78 is 58.7. The van der Waals surface area contributed by atoms with E-state index in [-0.39, 0.29) is 11.6 Å². The third kappa shape index (κ3) is 4.97. The maximum atomic E-state index is 13.8. The summed E-state index contributed by atoms with van der Waals surface area (Å²) >= 11 is 0. The number of sulfonamides is 1. The highest BCUT2D eigenvalue weighted by Crippen LogP contribution is 2.35. The number of piperidine rings is 1. The van der Waals surface area contributed by atoms with Crippen LogP contribution in [0.5, 0.6) is 0 Å². The lowest BCUT2D eigenvalue weighted by Crippen LogP contribution is -2.53. The van der Waals surface area contributed by atoms with Crippen molar-refractivity contribution < 1.29 is 21.9 Å². The van der Waals surface area contributed by atoms with Gasteiger partial charge in [0.05, 0.1) is 11.9 Å². The highest BCUT2D eigenvalue weighted by Gasteiger charge is 2.40. The Labute approximate surface area is 147 Å². The van der Waals surface area contributed by atoms with Crippen molar-refractivity contribution in [2.45, 2.75) is 43.9 Å². The van der Waals surface area contributed by atoms with Crippen LogP contribution in [0.4, 0.5) is 8.78 Å². The molecule has 25 heavy (non-hydrogen) atoms. The maximum Gasteiger partial charge on any atom is 0.208 e. The zero-order valence-corrected chi connectivity index (χ0v) is 15.1. The molecule has 0 bridgehead atoms. The van der Waals surface area contributed by atoms with Crippen LogP contribution in [0.2, 0.25) is 0 Å². The fraction of sp³-hybridized carbons (Fsp3) is 0.647. The first kappa shape index (κ1) is 18.7. The Morgan fingerprint density at radius 2 is 2.04 bits per heavy atom. The van der Waals surface area contributed by atoms with Crippen molar-refractivity contribution in [2.75, 3.05) is 26.0 Å². The summed E-state index contributed by atoms with van der Waals surface area (Å²) in [6.07, 6.45) is 4.01. The first-order valence-corrected chi connectivity index (χ1v) is 10.4. The van der Waals surface area contributed by atoms with Crippen molar-refractivity contribution >= 4 is 10.0 Å². The summed E-state index contributed by atoms with van der Waals surface area (Å²) in [4.78, 5) is 2.08. The van der Waals surface area contributed by atoms with Crippen molar-refractivity contribution in [3.63, 3.8) is 0 Å². The number of ether oxygens (including phenoxy) is 1. The minimum atomic E-state index is -3.23. The molecule has 1 unspecified atom stereocenters. The number of hydrogen-bond acceptors (Lipinski definition) is 4. The minimum Gasteiger partial charge on any atom is -0.375 e. The van der Waals surface area contributed by atoms with Gasteiger partial charge in [-0.15, -0.1) is 0 Å². The normalized spacial score (nSPS) is 24.5. The third-order valence-corrected chi connectivity index (χ3v) is 5.80. The number of halogens is 2. The zero-order chi connectivity index (χ0) is 18.1. The Kier molecular flexibility index (Phi) is 5.43. The molecule has 8 heteroatoms. The Hall–Kier alpha value is -1.09. The Morgan fingerprint density at radius 1 is 1.32 bits per heavy atom. The van der Waals surface area contributed by atoms with Gasteiger partial charge in [-0.1, -0.05) is 0 Å². The van der Waals surface area contributed by atoms with Gasteiger partial charge < -0.3 is 4.74 Å². The number of benzene rings is 1. The molecule has 1 aromatic rings. The maximum absolute atomic E-state index is 13.8. The van der Waals surface area contributed by atoms with Crippen LogP contribution < -0.4 is 4.72 Å². The minimum absolute atomic E-state index is 0.101. The van der Waals surface area contributed by atoms with Crippen LogP contribution in [-0.2, 0) is 21.3 Å². The number of likely N-dealkylation sites (tertiary alicyclic amines) is 1. The smallest absolute Gasteiger partial charge is 0.208 e. The van der Waals surface area contributed by atoms with E-state index in [1.54, 1.807) is 0 Å². The summed E-state index contributed by atoms with van der Waals surface area (Å²) in [5.74, 6) is -0.830. The van der Waals surface area contributed by atoms with Gasteiger partial charge >= 0.3 is 0 Å². The van der Waals surface area contributed by atoms with Crippen molar-refractivity contribution in [1.82, 2.24) is 9.62 Å². The summed E-state index contributed by atoms with van der Waals surface area (Å²) in [6.45, 7) is 2.32. The molecule has 1 spiro atoms. The molecular formula is C17H24F2N2O3S. The van der Waals surface area contributed by atoms with Crippen LogP contribution in [0.3, 0.4) is 0 Å². The summed E-state index contributed by atoms with van der Waals surface area (Å²) in [7, 11) is -3.23. The van der Waals surface area contributed by atoms with Crippen LogP contribution in [0.1, 0.15) is 31.2 Å². The summed E-state index contributed by atoms with van der Waals surface area (Å²) in [6, 6.07) is 3.41. The van der Waals surface area contributed by atoms with E-state index in [9.17, 15) is 17.2 Å². The fourth-order valence-electron chi connectivity index (χ4n) is 3.80. The lowest BCUT2D eigenvalue weighted by atomic mass is 9.82. The van der Waals surface area contributed by atoms with Gasteiger partial charge in [-0.3, -0.25) is 4.90 Å². The molecule has 2 aliphatic heterocycles. The molecule has 3 rings (SSSR count). The van der Waals surface area contributed by atoms with Crippen LogP contribution in [0.15, 0.2) is 18.2 Å². The van der Waals surface area contributed by atoms with Gasteiger partial charge in [-0.05, 0) is 43.9 Å². The first-order chi connectivity index (χ1) is 11.7. The molecule has 140 valence electrons. The van der Waals surface area contributed by atoms with Crippen molar-refractivity contribution in [3.8, 4) is 0 Å². The van der Waals surface area contributed by atoms with Crippen molar-refractivity contribution in [2.24, 2.45) is 0 Å². The Balaban J connectivity index is 1.58. The second kappa shape index (κ2) is 7.26. The van der Waals surface area contributed by atoms with Crippen molar-refractivity contribution in [3.05, 3.63) is 35.4 Å². The van der Waals surface area contributed by atoms with Gasteiger partial charge in [-0.25, -0.2) is 21.9 Å². The van der Waals surface area contributed by atoms with Gasteiger partial charge in [0.25, 0.3) is 0 Å². The molecule has 0 aromatic heterocycles. The van der Waals surface area contributed by atoms with E-state index in [1.165, 1.54) is 12.3 Å². The fourth-order valence-corrected chi connectivity index (χ4v) is 4.61.